The molecular formula is C40H47N9O5. The lowest BCUT2D eigenvalue weighted by Crippen LogP contribution is -2.55. The van der Waals surface area contributed by atoms with Crippen LogP contribution >= 0.6 is 0 Å². The highest BCUT2D eigenvalue weighted by atomic mass is 16.5. The number of benzene rings is 2. The molecule has 1 saturated heterocycles. The van der Waals surface area contributed by atoms with Gasteiger partial charge in [-0.25, -0.2) is 0 Å². The number of amidine groups is 1. The first-order valence-corrected chi connectivity index (χ1v) is 18.6. The Bertz CT molecular complexity index is 2000. The van der Waals surface area contributed by atoms with E-state index in [0.717, 1.165) is 60.4 Å². The Labute approximate surface area is 314 Å². The van der Waals surface area contributed by atoms with Crippen LogP contribution in [0.4, 0.5) is 11.4 Å². The number of carbonyl (C=O) groups is 3. The van der Waals surface area contributed by atoms with Crippen LogP contribution in [0.2, 0.25) is 0 Å². The molecule has 4 aliphatic rings. The Balaban J connectivity index is 0.943. The minimum atomic E-state index is -0.447. The van der Waals surface area contributed by atoms with Crippen molar-refractivity contribution in [3.63, 3.8) is 0 Å². The van der Waals surface area contributed by atoms with Crippen LogP contribution in [0.15, 0.2) is 66.9 Å². The van der Waals surface area contributed by atoms with E-state index in [9.17, 15) is 19.5 Å². The smallest absolute Gasteiger partial charge is 0.242 e. The molecule has 2 aromatic carbocycles. The second-order valence-electron chi connectivity index (χ2n) is 14.0. The summed E-state index contributed by atoms with van der Waals surface area (Å²) in [7, 11) is 1.62. The van der Waals surface area contributed by atoms with Crippen LogP contribution in [0, 0.1) is 10.8 Å². The van der Waals surface area contributed by atoms with Gasteiger partial charge in [0.15, 0.2) is 0 Å². The standard InChI is InChI=1S/C40H47N9O5/c1-43-40(53)33(9-5-22-50)47-21-23-54-39-28(7-4-8-32(39)47)26-11-13-27(14-12-26)46-19-20-49(38(52)25-46)37(42)16-15-36(41)48-18-17-30-34(48)24-31(45-44-30)29-6-2-3-10-35(29)51/h2-4,6-8,10,15-18,22,24,26-27,33,41-42,44-45,51H,5,9,11-14,19-21,23,25H2,1H3,(H,43,53)/b16-15-,41-36?,42-37?. The van der Waals surface area contributed by atoms with Gasteiger partial charge in [-0.05, 0) is 86.1 Å². The van der Waals surface area contributed by atoms with E-state index in [0.29, 0.717) is 56.3 Å². The van der Waals surface area contributed by atoms with Crippen molar-refractivity contribution in [1.29, 1.82) is 10.8 Å². The van der Waals surface area contributed by atoms with Crippen molar-refractivity contribution in [2.45, 2.75) is 56.5 Å². The van der Waals surface area contributed by atoms with E-state index >= 15 is 0 Å². The minimum Gasteiger partial charge on any atom is -0.507 e. The van der Waals surface area contributed by atoms with Crippen LogP contribution in [0.1, 0.15) is 61.3 Å². The molecule has 2 fully saturated rings. The average molecular weight is 734 g/mol. The number of aromatic hydroxyl groups is 1. The number of phenols is 1. The number of amides is 2. The molecule has 1 atom stereocenters. The first-order chi connectivity index (χ1) is 26.3. The summed E-state index contributed by atoms with van der Waals surface area (Å²) in [6.45, 7) is 2.35. The number of rotatable bonds is 10. The van der Waals surface area contributed by atoms with Crippen molar-refractivity contribution in [2.75, 3.05) is 50.2 Å². The van der Waals surface area contributed by atoms with Crippen molar-refractivity contribution in [1.82, 2.24) is 25.1 Å². The number of piperazine rings is 1. The SMILES string of the molecule is CNC(=O)C(CCC=O)N1CCOc2c(C3CCC(N4CCN(C(=N)/C=C\C(=N)n5ccc6c5C=C(c5ccccc5O)NN6)C(=O)C4)CC3)cccc21. The van der Waals surface area contributed by atoms with Crippen molar-refractivity contribution in [3.05, 3.63) is 83.7 Å². The summed E-state index contributed by atoms with van der Waals surface area (Å²) in [6.07, 6.45) is 12.0. The summed E-state index contributed by atoms with van der Waals surface area (Å²) in [5, 5.41) is 30.5. The van der Waals surface area contributed by atoms with E-state index in [1.165, 1.54) is 17.1 Å². The molecule has 1 aliphatic carbocycles. The number of hydrogen-bond acceptors (Lipinski definition) is 11. The Morgan fingerprint density at radius 2 is 1.81 bits per heavy atom. The molecule has 54 heavy (non-hydrogen) atoms. The molecular weight excluding hydrogens is 686 g/mol. The van der Waals surface area contributed by atoms with E-state index in [1.54, 1.807) is 36.0 Å². The minimum absolute atomic E-state index is 0.0482. The summed E-state index contributed by atoms with van der Waals surface area (Å²) in [5.74, 6) is 1.20. The van der Waals surface area contributed by atoms with Gasteiger partial charge < -0.3 is 34.8 Å². The molecule has 3 aliphatic heterocycles. The van der Waals surface area contributed by atoms with E-state index in [2.05, 4.69) is 32.0 Å². The van der Waals surface area contributed by atoms with Gasteiger partial charge in [0.1, 0.15) is 42.1 Å². The number of carbonyl (C=O) groups excluding carboxylic acids is 3. The predicted molar refractivity (Wildman–Crippen MR) is 208 cm³/mol. The Morgan fingerprint density at radius 3 is 2.57 bits per heavy atom. The molecule has 6 N–H and O–H groups in total. The molecule has 1 saturated carbocycles. The maximum Gasteiger partial charge on any atom is 0.242 e. The van der Waals surface area contributed by atoms with Crippen molar-refractivity contribution in [3.8, 4) is 11.5 Å². The van der Waals surface area contributed by atoms with E-state index in [-0.39, 0.29) is 41.8 Å². The highest BCUT2D eigenvalue weighted by Crippen LogP contribution is 2.45. The number of para-hydroxylation sites is 2. The highest BCUT2D eigenvalue weighted by Gasteiger charge is 2.36. The molecule has 0 radical (unpaired) electrons. The lowest BCUT2D eigenvalue weighted by atomic mass is 9.80. The van der Waals surface area contributed by atoms with Gasteiger partial charge in [0.05, 0.1) is 35.9 Å². The molecule has 7 rings (SSSR count). The number of fused-ring (bicyclic) bond motifs is 2. The molecule has 14 nitrogen and oxygen atoms in total. The quantitative estimate of drug-likeness (QED) is 0.102. The number of allylic oxidation sites excluding steroid dienone is 1. The molecule has 1 unspecified atom stereocenters. The average Bonchev–Trinajstić information content (AvgIpc) is 3.63. The fourth-order valence-corrected chi connectivity index (χ4v) is 8.16. The zero-order valence-electron chi connectivity index (χ0n) is 30.4. The Hall–Kier alpha value is -5.89. The molecule has 3 aromatic rings. The van der Waals surface area contributed by atoms with E-state index in [4.69, 9.17) is 15.6 Å². The van der Waals surface area contributed by atoms with Crippen molar-refractivity contribution >= 4 is 52.9 Å². The monoisotopic (exact) mass is 733 g/mol. The number of phenolic OH excluding ortho intramolecular Hbond substituents is 1. The van der Waals surface area contributed by atoms with Gasteiger partial charge in [-0.15, -0.1) is 0 Å². The number of aromatic nitrogens is 1. The number of hydrogen-bond donors (Lipinski definition) is 6. The summed E-state index contributed by atoms with van der Waals surface area (Å²) in [4.78, 5) is 43.1. The normalized spacial score (nSPS) is 20.5. The number of nitrogens with zero attached hydrogens (tertiary/aromatic N) is 4. The zero-order valence-corrected chi connectivity index (χ0v) is 30.4. The van der Waals surface area contributed by atoms with Crippen LogP contribution in [0.25, 0.3) is 11.8 Å². The molecule has 0 bridgehead atoms. The zero-order chi connectivity index (χ0) is 37.8. The van der Waals surface area contributed by atoms with Crippen LogP contribution in [0.5, 0.6) is 11.5 Å². The van der Waals surface area contributed by atoms with Gasteiger partial charge in [-0.1, -0.05) is 24.3 Å². The Kier molecular flexibility index (Phi) is 10.8. The second-order valence-corrected chi connectivity index (χ2v) is 14.0. The van der Waals surface area contributed by atoms with Gasteiger partial charge in [-0.3, -0.25) is 35.6 Å². The molecule has 2 amide bonds. The van der Waals surface area contributed by atoms with E-state index < -0.39 is 6.04 Å². The summed E-state index contributed by atoms with van der Waals surface area (Å²) >= 11 is 0. The Morgan fingerprint density at radius 1 is 1.02 bits per heavy atom. The lowest BCUT2D eigenvalue weighted by molar-refractivity contribution is -0.132. The number of likely N-dealkylation sites (N-methyl/N-ethyl adjacent to an activating group) is 1. The summed E-state index contributed by atoms with van der Waals surface area (Å²) in [5.41, 5.74) is 11.0. The fourth-order valence-electron chi connectivity index (χ4n) is 8.16. The first-order valence-electron chi connectivity index (χ1n) is 18.6. The van der Waals surface area contributed by atoms with Crippen LogP contribution in [-0.2, 0) is 14.4 Å². The third-order valence-electron chi connectivity index (χ3n) is 11.0. The molecule has 4 heterocycles. The first kappa shape index (κ1) is 36.5. The molecule has 0 spiro atoms. The number of nitrogens with one attached hydrogen (secondary N) is 5. The van der Waals surface area contributed by atoms with Gasteiger partial charge >= 0.3 is 0 Å². The van der Waals surface area contributed by atoms with E-state index in [1.807, 2.05) is 30.3 Å². The van der Waals surface area contributed by atoms with Gasteiger partial charge in [0.25, 0.3) is 0 Å². The van der Waals surface area contributed by atoms with Crippen LogP contribution in [0.3, 0.4) is 0 Å². The number of anilines is 2. The van der Waals surface area contributed by atoms with Gasteiger partial charge in [0.2, 0.25) is 11.8 Å². The number of aldehydes is 1. The summed E-state index contributed by atoms with van der Waals surface area (Å²) < 4.78 is 7.92. The lowest BCUT2D eigenvalue weighted by Gasteiger charge is -2.42. The van der Waals surface area contributed by atoms with Crippen LogP contribution < -0.4 is 25.8 Å². The highest BCUT2D eigenvalue weighted by molar-refractivity contribution is 6.07. The number of hydrazine groups is 1. The fraction of sp³-hybridized carbons (Fsp3) is 0.375. The second kappa shape index (κ2) is 16.0. The summed E-state index contributed by atoms with van der Waals surface area (Å²) in [6, 6.07) is 14.8. The van der Waals surface area contributed by atoms with Crippen molar-refractivity contribution < 1.29 is 24.2 Å². The maximum atomic E-state index is 13.4. The van der Waals surface area contributed by atoms with Gasteiger partial charge in [-0.2, -0.15) is 0 Å². The molecule has 282 valence electrons. The van der Waals surface area contributed by atoms with Crippen LogP contribution in [-0.4, -0.2) is 101 Å². The maximum absolute atomic E-state index is 13.4. The molecule has 1 aromatic heterocycles. The number of ether oxygens (including phenoxy) is 1. The van der Waals surface area contributed by atoms with Crippen molar-refractivity contribution in [2.24, 2.45) is 0 Å². The largest absolute Gasteiger partial charge is 0.507 e. The van der Waals surface area contributed by atoms with Gasteiger partial charge in [0, 0.05) is 44.4 Å². The third kappa shape index (κ3) is 7.33. The molecule has 14 heteroatoms. The third-order valence-corrected chi connectivity index (χ3v) is 11.0. The topological polar surface area (TPSA) is 179 Å². The predicted octanol–water partition coefficient (Wildman–Crippen LogP) is 4.14.